The van der Waals surface area contributed by atoms with Gasteiger partial charge in [0.05, 0.1) is 12.1 Å². The number of methoxy groups -OCH3 is 1. The van der Waals surface area contributed by atoms with Gasteiger partial charge in [-0.05, 0) is 72.6 Å². The van der Waals surface area contributed by atoms with E-state index in [1.807, 2.05) is 86.3 Å². The molecule has 10 heteroatoms. The zero-order valence-corrected chi connectivity index (χ0v) is 30.0. The topological polar surface area (TPSA) is 90.4 Å². The van der Waals surface area contributed by atoms with Gasteiger partial charge in [0.15, 0.2) is 0 Å². The summed E-state index contributed by atoms with van der Waals surface area (Å²) in [7, 11) is 3.37. The number of hydrogen-bond acceptors (Lipinski definition) is 5. The van der Waals surface area contributed by atoms with Crippen LogP contribution in [0.4, 0.5) is 10.5 Å². The van der Waals surface area contributed by atoms with Gasteiger partial charge >= 0.3 is 6.09 Å². The second-order valence-electron chi connectivity index (χ2n) is 13.8. The fourth-order valence-electron chi connectivity index (χ4n) is 6.52. The molecule has 0 radical (unpaired) electrons. The van der Waals surface area contributed by atoms with Gasteiger partial charge in [0.1, 0.15) is 10.6 Å². The summed E-state index contributed by atoms with van der Waals surface area (Å²) in [5, 5.41) is 11.4. The molecule has 1 saturated carbocycles. The number of carbonyl (C=O) groups excluding carboxylic acids is 2. The number of carbonyl (C=O) groups is 3. The normalized spacial score (nSPS) is 16.4. The Labute approximate surface area is 291 Å². The summed E-state index contributed by atoms with van der Waals surface area (Å²) < 4.78 is 6.75. The van der Waals surface area contributed by atoms with E-state index in [0.29, 0.717) is 54.4 Å². The number of nitrogens with zero attached hydrogens (tertiary/aromatic N) is 3. The Morgan fingerprint density at radius 1 is 0.917 bits per heavy atom. The van der Waals surface area contributed by atoms with E-state index in [-0.39, 0.29) is 29.3 Å². The van der Waals surface area contributed by atoms with Crippen molar-refractivity contribution in [2.75, 3.05) is 25.6 Å². The molecule has 1 N–H and O–H groups in total. The lowest BCUT2D eigenvalue weighted by atomic mass is 9.87. The minimum absolute atomic E-state index is 0.0445. The third-order valence-electron chi connectivity index (χ3n) is 9.11. The molecule has 0 spiro atoms. The number of ether oxygens (including phenoxy) is 1. The van der Waals surface area contributed by atoms with Crippen LogP contribution in [0.15, 0.2) is 66.7 Å². The number of carboxylic acid groups (broad SMARTS) is 1. The lowest BCUT2D eigenvalue weighted by molar-refractivity contribution is -0.116. The van der Waals surface area contributed by atoms with Gasteiger partial charge in [-0.1, -0.05) is 68.8 Å². The zero-order valence-electron chi connectivity index (χ0n) is 28.5. The molecule has 1 aliphatic rings. The van der Waals surface area contributed by atoms with E-state index in [4.69, 9.17) is 16.3 Å². The highest BCUT2D eigenvalue weighted by Gasteiger charge is 2.36. The van der Waals surface area contributed by atoms with Crippen LogP contribution >= 0.6 is 22.9 Å². The smallest absolute Gasteiger partial charge is 0.407 e. The molecule has 1 aliphatic carbocycles. The molecule has 0 atom stereocenters. The molecule has 48 heavy (non-hydrogen) atoms. The van der Waals surface area contributed by atoms with Crippen molar-refractivity contribution in [3.05, 3.63) is 82.2 Å². The number of fused-ring (bicyclic) bond motifs is 1. The predicted octanol–water partition coefficient (Wildman–Crippen LogP) is 9.19. The summed E-state index contributed by atoms with van der Waals surface area (Å²) in [6, 6.07) is 21.3. The Kier molecular flexibility index (Phi) is 10.7. The van der Waals surface area contributed by atoms with E-state index in [9.17, 15) is 19.5 Å². The van der Waals surface area contributed by atoms with Gasteiger partial charge in [0, 0.05) is 60.5 Å². The molecule has 5 rings (SSSR count). The number of hydrogen-bond donors (Lipinski definition) is 1. The van der Waals surface area contributed by atoms with Gasteiger partial charge in [0.25, 0.3) is 5.91 Å². The molecule has 4 aromatic rings. The molecular weight excluding hydrogens is 646 g/mol. The average Bonchev–Trinajstić information content (AvgIpc) is 3.41. The highest BCUT2D eigenvalue weighted by molar-refractivity contribution is 7.21. The number of benzene rings is 3. The number of amides is 3. The summed E-state index contributed by atoms with van der Waals surface area (Å²) in [5.41, 5.74) is 3.42. The van der Waals surface area contributed by atoms with Crippen LogP contribution in [0.3, 0.4) is 0 Å². The molecule has 1 fully saturated rings. The van der Waals surface area contributed by atoms with Gasteiger partial charge in [-0.15, -0.1) is 11.3 Å². The fraction of sp³-hybridized carbons (Fsp3) is 0.395. The van der Waals surface area contributed by atoms with Crippen LogP contribution in [0.2, 0.25) is 5.02 Å². The van der Waals surface area contributed by atoms with E-state index in [2.05, 4.69) is 6.07 Å². The fourth-order valence-corrected chi connectivity index (χ4v) is 7.99. The van der Waals surface area contributed by atoms with E-state index < -0.39 is 6.09 Å². The van der Waals surface area contributed by atoms with Crippen LogP contribution in [0.5, 0.6) is 5.75 Å². The Morgan fingerprint density at radius 2 is 1.52 bits per heavy atom. The van der Waals surface area contributed by atoms with Gasteiger partial charge in [0.2, 0.25) is 5.91 Å². The Morgan fingerprint density at radius 3 is 2.08 bits per heavy atom. The third kappa shape index (κ3) is 7.79. The number of rotatable bonds is 9. The first-order valence-corrected chi connectivity index (χ1v) is 17.5. The minimum Gasteiger partial charge on any atom is -0.496 e. The second kappa shape index (κ2) is 14.6. The lowest BCUT2D eigenvalue weighted by Gasteiger charge is -2.41. The molecule has 0 unspecified atom stereocenters. The highest BCUT2D eigenvalue weighted by Crippen LogP contribution is 2.39. The van der Waals surface area contributed by atoms with Crippen molar-refractivity contribution < 1.29 is 24.2 Å². The van der Waals surface area contributed by atoms with Gasteiger partial charge in [-0.2, -0.15) is 0 Å². The molecule has 1 heterocycles. The zero-order chi connectivity index (χ0) is 34.7. The molecule has 3 amide bonds. The standard InChI is InChI=1S/C38H44ClN3O5S/c1-24(43)40(5)28-14-11-25(12-15-28)26-13-20-32(47-6)27(21-26)22-41(36(44)35-34(39)31-9-7-8-10-33(31)48-35)29-16-18-30(19-17-29)42(37(45)46)23-38(2,3)4/h7-15,20-21,29-30H,16-19,22-23H2,1-6H3,(H,45,46). The summed E-state index contributed by atoms with van der Waals surface area (Å²) >= 11 is 8.26. The summed E-state index contributed by atoms with van der Waals surface area (Å²) in [5.74, 6) is 0.484. The molecule has 0 saturated heterocycles. The van der Waals surface area contributed by atoms with Crippen LogP contribution in [0.25, 0.3) is 21.2 Å². The molecule has 8 nitrogen and oxygen atoms in total. The van der Waals surface area contributed by atoms with Crippen molar-refractivity contribution in [2.24, 2.45) is 5.41 Å². The third-order valence-corrected chi connectivity index (χ3v) is 10.8. The highest BCUT2D eigenvalue weighted by atomic mass is 35.5. The summed E-state index contributed by atoms with van der Waals surface area (Å²) in [4.78, 5) is 44.2. The molecular formula is C38H44ClN3O5S. The van der Waals surface area contributed by atoms with Crippen LogP contribution in [0, 0.1) is 5.41 Å². The predicted molar refractivity (Wildman–Crippen MR) is 194 cm³/mol. The number of anilines is 1. The first kappa shape index (κ1) is 35.2. The largest absolute Gasteiger partial charge is 0.496 e. The molecule has 254 valence electrons. The van der Waals surface area contributed by atoms with Crippen molar-refractivity contribution in [2.45, 2.75) is 72.0 Å². The van der Waals surface area contributed by atoms with Gasteiger partial charge in [-0.3, -0.25) is 9.59 Å². The first-order valence-electron chi connectivity index (χ1n) is 16.3. The van der Waals surface area contributed by atoms with Crippen molar-refractivity contribution in [1.82, 2.24) is 9.80 Å². The lowest BCUT2D eigenvalue weighted by Crippen LogP contribution is -2.49. The van der Waals surface area contributed by atoms with Crippen LogP contribution in [0.1, 0.15) is 68.6 Å². The van der Waals surface area contributed by atoms with Crippen molar-refractivity contribution in [1.29, 1.82) is 0 Å². The van der Waals surface area contributed by atoms with Crippen LogP contribution in [-0.4, -0.2) is 65.6 Å². The van der Waals surface area contributed by atoms with Crippen molar-refractivity contribution in [3.8, 4) is 16.9 Å². The Bertz CT molecular complexity index is 1790. The molecule has 0 aliphatic heterocycles. The van der Waals surface area contributed by atoms with Gasteiger partial charge in [-0.25, -0.2) is 4.79 Å². The van der Waals surface area contributed by atoms with E-state index in [1.54, 1.807) is 24.0 Å². The van der Waals surface area contributed by atoms with Crippen molar-refractivity contribution in [3.63, 3.8) is 0 Å². The summed E-state index contributed by atoms with van der Waals surface area (Å²) in [6.45, 7) is 8.42. The first-order chi connectivity index (χ1) is 22.8. The Balaban J connectivity index is 1.48. The SMILES string of the molecule is COc1ccc(-c2ccc(N(C)C(C)=O)cc2)cc1CN(C(=O)c1sc2ccccc2c1Cl)C1CCC(N(CC(C)(C)C)C(=O)O)CC1. The molecule has 1 aromatic heterocycles. The van der Waals surface area contributed by atoms with Gasteiger partial charge < -0.3 is 24.5 Å². The minimum atomic E-state index is -0.902. The monoisotopic (exact) mass is 689 g/mol. The van der Waals surface area contributed by atoms with E-state index >= 15 is 0 Å². The Hall–Kier alpha value is -4.08. The van der Waals surface area contributed by atoms with E-state index in [1.165, 1.54) is 18.3 Å². The average molecular weight is 690 g/mol. The van der Waals surface area contributed by atoms with Crippen molar-refractivity contribution >= 4 is 56.6 Å². The second-order valence-corrected chi connectivity index (χ2v) is 15.2. The quantitative estimate of drug-likeness (QED) is 0.189. The molecule has 3 aromatic carbocycles. The van der Waals surface area contributed by atoms with Crippen LogP contribution in [-0.2, 0) is 11.3 Å². The summed E-state index contributed by atoms with van der Waals surface area (Å²) in [6.07, 6.45) is 1.76. The molecule has 0 bridgehead atoms. The number of thiophene rings is 1. The maximum absolute atomic E-state index is 14.5. The maximum Gasteiger partial charge on any atom is 0.407 e. The van der Waals surface area contributed by atoms with E-state index in [0.717, 1.165) is 32.5 Å². The number of halogens is 1. The maximum atomic E-state index is 14.5. The van der Waals surface area contributed by atoms with Crippen LogP contribution < -0.4 is 9.64 Å².